The first kappa shape index (κ1) is 19.6. The Balaban J connectivity index is 1.40. The molecule has 8 heteroatoms. The van der Waals surface area contributed by atoms with Gasteiger partial charge in [-0.15, -0.1) is 0 Å². The first-order valence-electron chi connectivity index (χ1n) is 9.48. The Morgan fingerprint density at radius 2 is 1.67 bits per heavy atom. The van der Waals surface area contributed by atoms with Gasteiger partial charge in [-0.3, -0.25) is 14.8 Å². The highest BCUT2D eigenvalue weighted by atomic mass is 16.5. The van der Waals surface area contributed by atoms with Crippen molar-refractivity contribution >= 4 is 22.9 Å². The molecule has 4 rings (SSSR count). The van der Waals surface area contributed by atoms with Crippen molar-refractivity contribution in [2.75, 3.05) is 27.4 Å². The summed E-state index contributed by atoms with van der Waals surface area (Å²) in [5, 5.41) is 0. The van der Waals surface area contributed by atoms with Gasteiger partial charge in [0.1, 0.15) is 0 Å². The van der Waals surface area contributed by atoms with Crippen LogP contribution in [0, 0.1) is 0 Å². The molecule has 30 heavy (non-hydrogen) atoms. The van der Waals surface area contributed by atoms with E-state index in [1.165, 1.54) is 0 Å². The number of methoxy groups -OCH3 is 2. The maximum atomic E-state index is 12.6. The summed E-state index contributed by atoms with van der Waals surface area (Å²) in [5.74, 6) is 0.477. The molecule has 0 saturated carbocycles. The van der Waals surface area contributed by atoms with Crippen LogP contribution in [-0.2, 0) is 22.5 Å². The number of rotatable bonds is 5. The number of nitrogens with zero attached hydrogens (tertiary/aromatic N) is 3. The average Bonchev–Trinajstić information content (AvgIpc) is 2.80. The molecule has 2 aromatic carbocycles. The molecule has 1 aromatic heterocycles. The van der Waals surface area contributed by atoms with Crippen LogP contribution < -0.4 is 9.47 Å². The van der Waals surface area contributed by atoms with Crippen molar-refractivity contribution < 1.29 is 23.8 Å². The van der Waals surface area contributed by atoms with Gasteiger partial charge in [-0.1, -0.05) is 0 Å². The van der Waals surface area contributed by atoms with Crippen LogP contribution in [0.2, 0.25) is 0 Å². The number of amides is 1. The van der Waals surface area contributed by atoms with Gasteiger partial charge in [0, 0.05) is 25.5 Å². The van der Waals surface area contributed by atoms with Gasteiger partial charge in [-0.05, 0) is 47.9 Å². The van der Waals surface area contributed by atoms with Crippen molar-refractivity contribution in [3.05, 3.63) is 59.4 Å². The molecule has 0 spiro atoms. The Morgan fingerprint density at radius 3 is 2.40 bits per heavy atom. The van der Waals surface area contributed by atoms with Gasteiger partial charge in [0.05, 0.1) is 30.8 Å². The number of hydrogen-bond donors (Lipinski definition) is 0. The summed E-state index contributed by atoms with van der Waals surface area (Å²) in [7, 11) is 3.17. The van der Waals surface area contributed by atoms with Gasteiger partial charge in [-0.25, -0.2) is 4.79 Å². The van der Waals surface area contributed by atoms with Crippen molar-refractivity contribution in [3.63, 3.8) is 0 Å². The number of carbonyl (C=O) groups excluding carboxylic acids is 2. The number of fused-ring (bicyclic) bond motifs is 2. The molecule has 154 valence electrons. The summed E-state index contributed by atoms with van der Waals surface area (Å²) < 4.78 is 15.9. The van der Waals surface area contributed by atoms with Gasteiger partial charge in [0.15, 0.2) is 18.1 Å². The quantitative estimate of drug-likeness (QED) is 0.600. The number of hydrogen-bond acceptors (Lipinski definition) is 7. The lowest BCUT2D eigenvalue weighted by Crippen LogP contribution is -2.38. The second-order valence-corrected chi connectivity index (χ2v) is 6.88. The van der Waals surface area contributed by atoms with Crippen molar-refractivity contribution in [1.29, 1.82) is 0 Å². The molecule has 2 heterocycles. The molecule has 3 aromatic rings. The highest BCUT2D eigenvalue weighted by molar-refractivity contribution is 5.94. The van der Waals surface area contributed by atoms with Crippen LogP contribution in [0.3, 0.4) is 0 Å². The Bertz CT molecular complexity index is 1120. The third kappa shape index (κ3) is 3.89. The van der Waals surface area contributed by atoms with Crippen LogP contribution in [-0.4, -0.2) is 54.1 Å². The molecular formula is C22H21N3O5. The van der Waals surface area contributed by atoms with E-state index in [0.717, 1.165) is 11.1 Å². The number of benzene rings is 2. The molecule has 1 aliphatic heterocycles. The van der Waals surface area contributed by atoms with E-state index in [1.54, 1.807) is 49.7 Å². The predicted molar refractivity (Wildman–Crippen MR) is 108 cm³/mol. The number of ether oxygens (including phenoxy) is 3. The summed E-state index contributed by atoms with van der Waals surface area (Å²) in [5.41, 5.74) is 3.72. The minimum Gasteiger partial charge on any atom is -0.493 e. The second-order valence-electron chi connectivity index (χ2n) is 6.88. The molecule has 0 bridgehead atoms. The Labute approximate surface area is 173 Å². The normalized spacial score (nSPS) is 12.9. The highest BCUT2D eigenvalue weighted by Gasteiger charge is 2.24. The lowest BCUT2D eigenvalue weighted by atomic mass is 9.99. The van der Waals surface area contributed by atoms with E-state index in [0.29, 0.717) is 47.6 Å². The summed E-state index contributed by atoms with van der Waals surface area (Å²) in [6, 6.07) is 8.74. The first-order valence-corrected chi connectivity index (χ1v) is 9.48. The lowest BCUT2D eigenvalue weighted by molar-refractivity contribution is -0.135. The van der Waals surface area contributed by atoms with Crippen LogP contribution in [0.25, 0.3) is 11.0 Å². The van der Waals surface area contributed by atoms with Crippen molar-refractivity contribution in [3.8, 4) is 11.5 Å². The predicted octanol–water partition coefficient (Wildman–Crippen LogP) is 2.39. The zero-order chi connectivity index (χ0) is 21.1. The van der Waals surface area contributed by atoms with E-state index in [9.17, 15) is 9.59 Å². The number of esters is 1. The summed E-state index contributed by atoms with van der Waals surface area (Å²) in [6.07, 6.45) is 3.83. The fourth-order valence-electron chi connectivity index (χ4n) is 3.49. The molecule has 1 aliphatic rings. The van der Waals surface area contributed by atoms with Gasteiger partial charge in [0.25, 0.3) is 5.91 Å². The van der Waals surface area contributed by atoms with E-state index < -0.39 is 5.97 Å². The van der Waals surface area contributed by atoms with E-state index in [-0.39, 0.29) is 12.5 Å². The zero-order valence-corrected chi connectivity index (χ0v) is 16.8. The van der Waals surface area contributed by atoms with E-state index in [1.807, 2.05) is 12.1 Å². The minimum atomic E-state index is -0.570. The molecule has 0 N–H and O–H groups in total. The van der Waals surface area contributed by atoms with Gasteiger partial charge < -0.3 is 19.1 Å². The fraction of sp³-hybridized carbons (Fsp3) is 0.273. The minimum absolute atomic E-state index is 0.246. The van der Waals surface area contributed by atoms with Gasteiger partial charge in [-0.2, -0.15) is 0 Å². The molecule has 0 unspecified atom stereocenters. The Hall–Kier alpha value is -3.68. The maximum absolute atomic E-state index is 12.6. The molecule has 0 saturated heterocycles. The van der Waals surface area contributed by atoms with Crippen LogP contribution in [0.1, 0.15) is 21.5 Å². The van der Waals surface area contributed by atoms with Crippen LogP contribution in [0.15, 0.2) is 42.7 Å². The molecule has 0 radical (unpaired) electrons. The van der Waals surface area contributed by atoms with Crippen LogP contribution in [0.4, 0.5) is 0 Å². The largest absolute Gasteiger partial charge is 0.493 e. The number of aromatic nitrogens is 2. The smallest absolute Gasteiger partial charge is 0.338 e. The maximum Gasteiger partial charge on any atom is 0.338 e. The fourth-order valence-corrected chi connectivity index (χ4v) is 3.49. The SMILES string of the molecule is COc1cc2c(cc1OC)CN(C(=O)COC(=O)c1ccc3nccnc3c1)CC2. The molecular weight excluding hydrogens is 386 g/mol. The van der Waals surface area contributed by atoms with E-state index in [4.69, 9.17) is 14.2 Å². The Kier molecular flexibility index (Phi) is 5.47. The van der Waals surface area contributed by atoms with E-state index in [2.05, 4.69) is 9.97 Å². The van der Waals surface area contributed by atoms with Crippen molar-refractivity contribution in [2.45, 2.75) is 13.0 Å². The topological polar surface area (TPSA) is 90.8 Å². The zero-order valence-electron chi connectivity index (χ0n) is 16.8. The summed E-state index contributed by atoms with van der Waals surface area (Å²) in [4.78, 5) is 35.0. The molecule has 0 fully saturated rings. The van der Waals surface area contributed by atoms with E-state index >= 15 is 0 Å². The monoisotopic (exact) mass is 407 g/mol. The van der Waals surface area contributed by atoms with Crippen LogP contribution >= 0.6 is 0 Å². The average molecular weight is 407 g/mol. The molecule has 0 atom stereocenters. The molecule has 8 nitrogen and oxygen atoms in total. The summed E-state index contributed by atoms with van der Waals surface area (Å²) >= 11 is 0. The van der Waals surface area contributed by atoms with Crippen LogP contribution in [0.5, 0.6) is 11.5 Å². The second kappa shape index (κ2) is 8.36. The molecule has 1 amide bonds. The van der Waals surface area contributed by atoms with Gasteiger partial charge >= 0.3 is 5.97 Å². The third-order valence-electron chi connectivity index (χ3n) is 5.10. The highest BCUT2D eigenvalue weighted by Crippen LogP contribution is 2.33. The van der Waals surface area contributed by atoms with Crippen molar-refractivity contribution in [2.24, 2.45) is 0 Å². The summed E-state index contributed by atoms with van der Waals surface area (Å²) in [6.45, 7) is 0.655. The standard InChI is InChI=1S/C22H21N3O5/c1-28-19-10-14-5-8-25(12-16(14)11-20(19)29-2)21(26)13-30-22(27)15-3-4-17-18(9-15)24-7-6-23-17/h3-4,6-7,9-11H,5,8,12-13H2,1-2H3. The third-order valence-corrected chi connectivity index (χ3v) is 5.10. The van der Waals surface area contributed by atoms with Gasteiger partial charge in [0.2, 0.25) is 0 Å². The molecule has 0 aliphatic carbocycles. The Morgan fingerprint density at radius 1 is 0.967 bits per heavy atom. The van der Waals surface area contributed by atoms with Crippen molar-refractivity contribution in [1.82, 2.24) is 14.9 Å². The first-order chi connectivity index (χ1) is 14.6. The lowest BCUT2D eigenvalue weighted by Gasteiger charge is -2.29. The number of carbonyl (C=O) groups is 2.